The first-order valence-electron chi connectivity index (χ1n) is 10.1. The summed E-state index contributed by atoms with van der Waals surface area (Å²) >= 11 is 1.31. The zero-order valence-corrected chi connectivity index (χ0v) is 21.2. The molecular weight excluding hydrogens is 461 g/mol. The molecule has 3 aliphatic heterocycles. The van der Waals surface area contributed by atoms with Crippen LogP contribution in [0.5, 0.6) is 0 Å². The monoisotopic (exact) mass is 485 g/mol. The summed E-state index contributed by atoms with van der Waals surface area (Å²) in [6, 6.07) is 4.14. The molecule has 4 rings (SSSR count). The number of β-lactam (4-membered cyclic amide) rings is 1. The van der Waals surface area contributed by atoms with Gasteiger partial charge in [-0.15, -0.1) is 11.8 Å². The van der Waals surface area contributed by atoms with Gasteiger partial charge in [0.05, 0.1) is 0 Å². The molecule has 3 aliphatic rings. The van der Waals surface area contributed by atoms with Gasteiger partial charge in [0.25, 0.3) is 0 Å². The molecule has 6 amide bonds. The average molecular weight is 485 g/mol. The van der Waals surface area contributed by atoms with E-state index in [0.717, 1.165) is 4.90 Å². The third-order valence-corrected chi connectivity index (χ3v) is 7.31. The van der Waals surface area contributed by atoms with Crippen LogP contribution in [-0.2, 0) is 14.4 Å². The second-order valence-corrected chi connectivity index (χ2v) is 10.0. The number of rotatable bonds is 5. The number of carboxylic acid groups (broad SMARTS) is 1. The summed E-state index contributed by atoms with van der Waals surface area (Å²) in [6.45, 7) is 3.98. The number of carbonyl (C=O) groups is 5. The van der Waals surface area contributed by atoms with E-state index >= 15 is 0 Å². The van der Waals surface area contributed by atoms with E-state index in [4.69, 9.17) is 0 Å². The number of imide groups is 1. The molecule has 1 aromatic carbocycles. The number of urea groups is 2. The van der Waals surface area contributed by atoms with Crippen LogP contribution in [0.25, 0.3) is 0 Å². The van der Waals surface area contributed by atoms with Gasteiger partial charge in [0.1, 0.15) is 23.5 Å². The number of benzene rings is 1. The van der Waals surface area contributed by atoms with Gasteiger partial charge in [-0.05, 0) is 19.4 Å². The Balaban J connectivity index is 0.00000204. The van der Waals surface area contributed by atoms with Crippen LogP contribution in [0.2, 0.25) is 0 Å². The van der Waals surface area contributed by atoms with Gasteiger partial charge in [0, 0.05) is 17.8 Å². The fourth-order valence-electron chi connectivity index (χ4n) is 4.19. The van der Waals surface area contributed by atoms with Crippen LogP contribution in [0, 0.1) is 0 Å². The van der Waals surface area contributed by atoms with E-state index < -0.39 is 58.1 Å². The van der Waals surface area contributed by atoms with Crippen LogP contribution in [0.4, 0.5) is 9.59 Å². The zero-order valence-electron chi connectivity index (χ0n) is 19.4. The fourth-order valence-corrected chi connectivity index (χ4v) is 5.82. The predicted molar refractivity (Wildman–Crippen MR) is 115 cm³/mol. The van der Waals surface area contributed by atoms with Gasteiger partial charge < -0.3 is 27.4 Å². The van der Waals surface area contributed by atoms with E-state index in [0.29, 0.717) is 12.1 Å². The molecule has 3 heterocycles. The quantitative estimate of drug-likeness (QED) is 0.260. The van der Waals surface area contributed by atoms with Crippen molar-refractivity contribution in [3.8, 4) is 0 Å². The Labute approximate surface area is 217 Å². The van der Waals surface area contributed by atoms with E-state index in [-0.39, 0.29) is 37.5 Å². The van der Waals surface area contributed by atoms with Crippen molar-refractivity contribution in [3.05, 3.63) is 35.9 Å². The number of nitrogens with one attached hydrogen (secondary N) is 3. The molecule has 11 nitrogen and oxygen atoms in total. The van der Waals surface area contributed by atoms with Crippen molar-refractivity contribution in [1.82, 2.24) is 25.8 Å². The van der Waals surface area contributed by atoms with Crippen LogP contribution in [0.15, 0.2) is 30.3 Å². The SMILES string of the molecule is CC1(C)S[C@@H]2[C@H](NC(=O)C(NC(=O)N3CCNC3=O)c3ccccc3)C(=O)N2[C@H]1C(=O)O.[H-].[Na+]. The van der Waals surface area contributed by atoms with Crippen molar-refractivity contribution in [2.75, 3.05) is 13.1 Å². The summed E-state index contributed by atoms with van der Waals surface area (Å²) in [5.41, 5.74) is 0.476. The molecule has 0 bridgehead atoms. The number of amides is 6. The van der Waals surface area contributed by atoms with E-state index in [2.05, 4.69) is 16.0 Å². The summed E-state index contributed by atoms with van der Waals surface area (Å²) in [7, 11) is 0. The first-order valence-corrected chi connectivity index (χ1v) is 10.9. The Morgan fingerprint density at radius 3 is 2.48 bits per heavy atom. The number of aliphatic carboxylic acids is 1. The van der Waals surface area contributed by atoms with Crippen LogP contribution in [-0.4, -0.2) is 80.0 Å². The number of hydrogen-bond acceptors (Lipinski definition) is 6. The van der Waals surface area contributed by atoms with Gasteiger partial charge in [0.15, 0.2) is 0 Å². The van der Waals surface area contributed by atoms with Crippen LogP contribution in [0.3, 0.4) is 0 Å². The van der Waals surface area contributed by atoms with Crippen molar-refractivity contribution in [1.29, 1.82) is 0 Å². The first kappa shape index (κ1) is 25.3. The molecule has 1 aromatic rings. The Kier molecular flexibility index (Phi) is 7.32. The Morgan fingerprint density at radius 1 is 1.24 bits per heavy atom. The van der Waals surface area contributed by atoms with Crippen molar-refractivity contribution < 1.29 is 60.1 Å². The number of carboxylic acids is 1. The van der Waals surface area contributed by atoms with E-state index in [1.165, 1.54) is 16.7 Å². The third-order valence-electron chi connectivity index (χ3n) is 5.74. The number of nitrogens with zero attached hydrogens (tertiary/aromatic N) is 2. The van der Waals surface area contributed by atoms with Crippen LogP contribution < -0.4 is 45.5 Å². The largest absolute Gasteiger partial charge is 1.00 e. The minimum Gasteiger partial charge on any atom is -1.00 e. The molecule has 172 valence electrons. The summed E-state index contributed by atoms with van der Waals surface area (Å²) in [6.07, 6.45) is 0. The standard InChI is InChI=1S/C20H23N5O6S.Na.H/c1-20(2)13(17(28)29)25-15(27)12(16(25)32-20)22-14(26)11(10-6-4-3-5-7-10)23-19(31)24-9-8-21-18(24)30;;/h3-7,11-13,16H,8-9H2,1-2H3,(H,21,30)(H,22,26)(H,23,31)(H,28,29);;/q;+1;-1/t11?,12-,13+,16-;;/m1../s1. The number of thioether (sulfide) groups is 1. The Hall–Kier alpha value is -2.28. The molecule has 33 heavy (non-hydrogen) atoms. The Morgan fingerprint density at radius 2 is 1.91 bits per heavy atom. The molecule has 1 unspecified atom stereocenters. The molecular formula is C20H24N5NaO6S. The van der Waals surface area contributed by atoms with E-state index in [1.807, 2.05) is 0 Å². The molecule has 0 radical (unpaired) electrons. The summed E-state index contributed by atoms with van der Waals surface area (Å²) in [5, 5.41) is 16.8. The topological polar surface area (TPSA) is 148 Å². The zero-order chi connectivity index (χ0) is 23.2. The molecule has 4 N–H and O–H groups in total. The second-order valence-electron chi connectivity index (χ2n) is 8.26. The van der Waals surface area contributed by atoms with Crippen LogP contribution in [0.1, 0.15) is 26.9 Å². The smallest absolute Gasteiger partial charge is 1.00 e. The molecule has 0 spiro atoms. The van der Waals surface area contributed by atoms with Gasteiger partial charge in [-0.3, -0.25) is 9.59 Å². The predicted octanol–water partition coefficient (Wildman–Crippen LogP) is -2.79. The summed E-state index contributed by atoms with van der Waals surface area (Å²) < 4.78 is -0.720. The van der Waals surface area contributed by atoms with Crippen LogP contribution >= 0.6 is 11.8 Å². The third kappa shape index (κ3) is 4.57. The minimum absolute atomic E-state index is 0. The summed E-state index contributed by atoms with van der Waals surface area (Å²) in [4.78, 5) is 64.2. The molecule has 13 heteroatoms. The van der Waals surface area contributed by atoms with Crippen molar-refractivity contribution >= 4 is 41.6 Å². The van der Waals surface area contributed by atoms with E-state index in [9.17, 15) is 29.1 Å². The molecule has 0 aromatic heterocycles. The molecule has 3 fully saturated rings. The number of carbonyl (C=O) groups excluding carboxylic acids is 4. The fraction of sp³-hybridized carbons (Fsp3) is 0.450. The van der Waals surface area contributed by atoms with Gasteiger partial charge in [-0.1, -0.05) is 30.3 Å². The summed E-state index contributed by atoms with van der Waals surface area (Å²) in [5.74, 6) is -2.20. The molecule has 0 saturated carbocycles. The van der Waals surface area contributed by atoms with Gasteiger partial charge >= 0.3 is 47.6 Å². The van der Waals surface area contributed by atoms with Gasteiger partial charge in [-0.25, -0.2) is 19.3 Å². The number of hydrogen-bond donors (Lipinski definition) is 4. The Bertz CT molecular complexity index is 999. The molecule has 4 atom stereocenters. The van der Waals surface area contributed by atoms with Crippen molar-refractivity contribution in [2.45, 2.75) is 42.1 Å². The first-order chi connectivity index (χ1) is 15.1. The van der Waals surface area contributed by atoms with Gasteiger partial charge in [-0.2, -0.15) is 0 Å². The normalized spacial score (nSPS) is 25.8. The second kappa shape index (κ2) is 9.53. The maximum atomic E-state index is 13.1. The van der Waals surface area contributed by atoms with E-state index in [1.54, 1.807) is 44.2 Å². The van der Waals surface area contributed by atoms with Gasteiger partial charge in [0.2, 0.25) is 11.8 Å². The number of fused-ring (bicyclic) bond motifs is 1. The minimum atomic E-state index is -1.14. The maximum Gasteiger partial charge on any atom is 1.00 e. The molecule has 0 aliphatic carbocycles. The maximum absolute atomic E-state index is 13.1. The molecule has 3 saturated heterocycles. The van der Waals surface area contributed by atoms with Crippen molar-refractivity contribution in [3.63, 3.8) is 0 Å². The average Bonchev–Trinajstić information content (AvgIpc) is 3.29. The van der Waals surface area contributed by atoms with Crippen molar-refractivity contribution in [2.24, 2.45) is 0 Å².